The first-order valence-corrected chi connectivity index (χ1v) is 9.35. The molecule has 6 heteroatoms. The highest BCUT2D eigenvalue weighted by atomic mass is 32.2. The van der Waals surface area contributed by atoms with Crippen LogP contribution in [0.1, 0.15) is 24.5 Å². The maximum Gasteiger partial charge on any atom is 0.240 e. The standard InChI is InChI=1S/C18H22N2O3S/c1-3-12-19-24(22,23)17-10-8-16(9-11-17)20-18(21)13-15-7-5-4-6-14(15)2/h4-11,19H,3,12-13H2,1-2H3,(H,20,21). The summed E-state index contributed by atoms with van der Waals surface area (Å²) in [5.41, 5.74) is 2.61. The fourth-order valence-electron chi connectivity index (χ4n) is 2.22. The highest BCUT2D eigenvalue weighted by Gasteiger charge is 2.13. The van der Waals surface area contributed by atoms with E-state index in [1.54, 1.807) is 12.1 Å². The van der Waals surface area contributed by atoms with Crippen molar-refractivity contribution in [1.29, 1.82) is 0 Å². The third-order valence-corrected chi connectivity index (χ3v) is 5.08. The van der Waals surface area contributed by atoms with E-state index in [4.69, 9.17) is 0 Å². The lowest BCUT2D eigenvalue weighted by Crippen LogP contribution is -2.24. The van der Waals surface area contributed by atoms with Crippen LogP contribution >= 0.6 is 0 Å². The molecular weight excluding hydrogens is 324 g/mol. The number of amides is 1. The highest BCUT2D eigenvalue weighted by Crippen LogP contribution is 2.15. The van der Waals surface area contributed by atoms with Gasteiger partial charge in [-0.3, -0.25) is 4.79 Å². The van der Waals surface area contributed by atoms with Crippen LogP contribution in [-0.2, 0) is 21.2 Å². The van der Waals surface area contributed by atoms with E-state index in [1.165, 1.54) is 12.1 Å². The molecule has 0 heterocycles. The van der Waals surface area contributed by atoms with E-state index in [1.807, 2.05) is 38.1 Å². The number of hydrogen-bond acceptors (Lipinski definition) is 3. The Morgan fingerprint density at radius 2 is 1.71 bits per heavy atom. The molecule has 2 aromatic carbocycles. The van der Waals surface area contributed by atoms with E-state index in [2.05, 4.69) is 10.0 Å². The van der Waals surface area contributed by atoms with Crippen LogP contribution in [0.5, 0.6) is 0 Å². The predicted molar refractivity (Wildman–Crippen MR) is 95.4 cm³/mol. The van der Waals surface area contributed by atoms with Crippen LogP contribution in [0.25, 0.3) is 0 Å². The molecule has 2 rings (SSSR count). The molecule has 1 amide bonds. The first-order valence-electron chi connectivity index (χ1n) is 7.86. The number of rotatable bonds is 7. The number of aryl methyl sites for hydroxylation is 1. The van der Waals surface area contributed by atoms with Gasteiger partial charge in [0, 0.05) is 12.2 Å². The number of sulfonamides is 1. The van der Waals surface area contributed by atoms with E-state index in [0.717, 1.165) is 17.5 Å². The van der Waals surface area contributed by atoms with Gasteiger partial charge in [0.1, 0.15) is 0 Å². The molecular formula is C18H22N2O3S. The zero-order chi connectivity index (χ0) is 17.6. The molecule has 0 saturated carbocycles. The van der Waals surface area contributed by atoms with Crippen molar-refractivity contribution in [3.8, 4) is 0 Å². The van der Waals surface area contributed by atoms with Crippen molar-refractivity contribution in [2.24, 2.45) is 0 Å². The smallest absolute Gasteiger partial charge is 0.240 e. The van der Waals surface area contributed by atoms with Crippen molar-refractivity contribution < 1.29 is 13.2 Å². The normalized spacial score (nSPS) is 11.2. The molecule has 5 nitrogen and oxygen atoms in total. The molecule has 0 bridgehead atoms. The molecule has 128 valence electrons. The number of carbonyl (C=O) groups excluding carboxylic acids is 1. The van der Waals surface area contributed by atoms with E-state index >= 15 is 0 Å². The Bertz CT molecular complexity index is 799. The van der Waals surface area contributed by atoms with Gasteiger partial charge in [0.15, 0.2) is 0 Å². The lowest BCUT2D eigenvalue weighted by atomic mass is 10.1. The minimum absolute atomic E-state index is 0.135. The van der Waals surface area contributed by atoms with Crippen molar-refractivity contribution in [3.63, 3.8) is 0 Å². The molecule has 0 unspecified atom stereocenters. The van der Waals surface area contributed by atoms with Gasteiger partial charge >= 0.3 is 0 Å². The summed E-state index contributed by atoms with van der Waals surface area (Å²) < 4.78 is 26.5. The Morgan fingerprint density at radius 1 is 1.04 bits per heavy atom. The second-order valence-electron chi connectivity index (χ2n) is 5.57. The van der Waals surface area contributed by atoms with Crippen molar-refractivity contribution in [2.45, 2.75) is 31.6 Å². The number of benzene rings is 2. The van der Waals surface area contributed by atoms with Gasteiger partial charge in [-0.25, -0.2) is 13.1 Å². The third kappa shape index (κ3) is 4.91. The van der Waals surface area contributed by atoms with Gasteiger partial charge in [0.25, 0.3) is 0 Å². The Hall–Kier alpha value is -2.18. The number of hydrogen-bond donors (Lipinski definition) is 2. The molecule has 0 saturated heterocycles. The van der Waals surface area contributed by atoms with Gasteiger partial charge in [0.05, 0.1) is 11.3 Å². The monoisotopic (exact) mass is 346 g/mol. The summed E-state index contributed by atoms with van der Waals surface area (Å²) in [6.45, 7) is 4.26. The lowest BCUT2D eigenvalue weighted by molar-refractivity contribution is -0.115. The van der Waals surface area contributed by atoms with Crippen LogP contribution in [0, 0.1) is 6.92 Å². The van der Waals surface area contributed by atoms with Gasteiger partial charge < -0.3 is 5.32 Å². The second kappa shape index (κ2) is 8.08. The van der Waals surface area contributed by atoms with Crippen molar-refractivity contribution >= 4 is 21.6 Å². The summed E-state index contributed by atoms with van der Waals surface area (Å²) in [6.07, 6.45) is 1.01. The van der Waals surface area contributed by atoms with E-state index in [-0.39, 0.29) is 17.2 Å². The summed E-state index contributed by atoms with van der Waals surface area (Å²) >= 11 is 0. The fourth-order valence-corrected chi connectivity index (χ4v) is 3.36. The number of carbonyl (C=O) groups is 1. The first kappa shape index (κ1) is 18.2. The summed E-state index contributed by atoms with van der Waals surface area (Å²) in [7, 11) is -3.48. The molecule has 0 fully saturated rings. The number of anilines is 1. The molecule has 0 aliphatic rings. The topological polar surface area (TPSA) is 75.3 Å². The lowest BCUT2D eigenvalue weighted by Gasteiger charge is -2.09. The van der Waals surface area contributed by atoms with E-state index in [9.17, 15) is 13.2 Å². The molecule has 2 aromatic rings. The average Bonchev–Trinajstić information content (AvgIpc) is 2.55. The van der Waals surface area contributed by atoms with Crippen molar-refractivity contribution in [2.75, 3.05) is 11.9 Å². The zero-order valence-corrected chi connectivity index (χ0v) is 14.7. The van der Waals surface area contributed by atoms with Crippen LogP contribution in [0.4, 0.5) is 5.69 Å². The van der Waals surface area contributed by atoms with Gasteiger partial charge in [-0.2, -0.15) is 0 Å². The van der Waals surface area contributed by atoms with Crippen molar-refractivity contribution in [3.05, 3.63) is 59.7 Å². The molecule has 0 aliphatic heterocycles. The largest absolute Gasteiger partial charge is 0.326 e. The Kier molecular flexibility index (Phi) is 6.11. The minimum Gasteiger partial charge on any atom is -0.326 e. The minimum atomic E-state index is -3.48. The van der Waals surface area contributed by atoms with E-state index in [0.29, 0.717) is 12.2 Å². The molecule has 24 heavy (non-hydrogen) atoms. The zero-order valence-electron chi connectivity index (χ0n) is 13.9. The summed E-state index contributed by atoms with van der Waals surface area (Å²) in [4.78, 5) is 12.3. The van der Waals surface area contributed by atoms with Crippen LogP contribution in [0.3, 0.4) is 0 Å². The molecule has 0 aliphatic carbocycles. The summed E-state index contributed by atoms with van der Waals surface area (Å²) in [6, 6.07) is 13.9. The maximum absolute atomic E-state index is 12.1. The van der Waals surface area contributed by atoms with Gasteiger partial charge in [-0.15, -0.1) is 0 Å². The highest BCUT2D eigenvalue weighted by molar-refractivity contribution is 7.89. The average molecular weight is 346 g/mol. The van der Waals surface area contributed by atoms with Crippen LogP contribution in [0.2, 0.25) is 0 Å². The first-order chi connectivity index (χ1) is 11.4. The van der Waals surface area contributed by atoms with Gasteiger partial charge in [0.2, 0.25) is 15.9 Å². The second-order valence-corrected chi connectivity index (χ2v) is 7.34. The SMILES string of the molecule is CCCNS(=O)(=O)c1ccc(NC(=O)Cc2ccccc2C)cc1. The van der Waals surface area contributed by atoms with Crippen LogP contribution in [-0.4, -0.2) is 20.9 Å². The maximum atomic E-state index is 12.1. The summed E-state index contributed by atoms with van der Waals surface area (Å²) in [5.74, 6) is -0.135. The van der Waals surface area contributed by atoms with Crippen LogP contribution < -0.4 is 10.0 Å². The quantitative estimate of drug-likeness (QED) is 0.809. The fraction of sp³-hybridized carbons (Fsp3) is 0.278. The summed E-state index contributed by atoms with van der Waals surface area (Å²) in [5, 5.41) is 2.79. The molecule has 0 spiro atoms. The Morgan fingerprint density at radius 3 is 2.33 bits per heavy atom. The molecule has 0 aromatic heterocycles. The van der Waals surface area contributed by atoms with Crippen LogP contribution in [0.15, 0.2) is 53.4 Å². The van der Waals surface area contributed by atoms with Gasteiger partial charge in [-0.1, -0.05) is 31.2 Å². The molecule has 0 radical (unpaired) electrons. The Balaban J connectivity index is 2.01. The number of nitrogens with one attached hydrogen (secondary N) is 2. The molecule has 0 atom stereocenters. The van der Waals surface area contributed by atoms with Crippen molar-refractivity contribution in [1.82, 2.24) is 4.72 Å². The molecule has 2 N–H and O–H groups in total. The van der Waals surface area contributed by atoms with Gasteiger partial charge in [-0.05, 0) is 48.7 Å². The van der Waals surface area contributed by atoms with E-state index < -0.39 is 10.0 Å². The predicted octanol–water partition coefficient (Wildman–Crippen LogP) is 2.86. The third-order valence-electron chi connectivity index (χ3n) is 3.60. The Labute approximate surface area is 143 Å².